The van der Waals surface area contributed by atoms with Gasteiger partial charge >= 0.3 is 0 Å². The third-order valence-electron chi connectivity index (χ3n) is 4.07. The van der Waals surface area contributed by atoms with Gasteiger partial charge in [-0.1, -0.05) is 24.3 Å². The second-order valence-electron chi connectivity index (χ2n) is 5.06. The van der Waals surface area contributed by atoms with E-state index in [9.17, 15) is 8.42 Å². The average molecular weight is 251 g/mol. The summed E-state index contributed by atoms with van der Waals surface area (Å²) in [7, 11) is -2.97. The van der Waals surface area contributed by atoms with Gasteiger partial charge < -0.3 is 5.32 Å². The Bertz CT molecular complexity index is 538. The van der Waals surface area contributed by atoms with Crippen molar-refractivity contribution in [1.29, 1.82) is 0 Å². The van der Waals surface area contributed by atoms with Crippen LogP contribution in [0.2, 0.25) is 0 Å². The normalized spacial score (nSPS) is 34.8. The Balaban J connectivity index is 2.07. The van der Waals surface area contributed by atoms with E-state index in [0.717, 1.165) is 12.8 Å². The van der Waals surface area contributed by atoms with Gasteiger partial charge in [-0.3, -0.25) is 0 Å². The molecule has 3 atom stereocenters. The minimum atomic E-state index is -2.97. The molecule has 1 aliphatic carbocycles. The highest BCUT2D eigenvalue weighted by Crippen LogP contribution is 2.37. The first-order valence-electron chi connectivity index (χ1n) is 6.14. The van der Waals surface area contributed by atoms with Gasteiger partial charge in [0.25, 0.3) is 0 Å². The molecule has 1 aromatic rings. The van der Waals surface area contributed by atoms with Crippen molar-refractivity contribution in [1.82, 2.24) is 5.32 Å². The Morgan fingerprint density at radius 1 is 1.29 bits per heavy atom. The molecule has 0 saturated carbocycles. The molecule has 1 N–H and O–H groups in total. The molecular weight excluding hydrogens is 234 g/mol. The molecule has 17 heavy (non-hydrogen) atoms. The molecule has 92 valence electrons. The van der Waals surface area contributed by atoms with E-state index in [2.05, 4.69) is 17.4 Å². The summed E-state index contributed by atoms with van der Waals surface area (Å²) in [6.07, 6.45) is 1.63. The van der Waals surface area contributed by atoms with Crippen LogP contribution in [0.4, 0.5) is 0 Å². The van der Waals surface area contributed by atoms with Crippen LogP contribution >= 0.6 is 0 Å². The molecular formula is C13H17NO2S. The van der Waals surface area contributed by atoms with Gasteiger partial charge in [-0.05, 0) is 30.9 Å². The number of sulfone groups is 1. The number of nitrogens with one attached hydrogen (secondary N) is 1. The van der Waals surface area contributed by atoms with Crippen molar-refractivity contribution in [2.45, 2.75) is 36.3 Å². The van der Waals surface area contributed by atoms with Crippen molar-refractivity contribution in [2.75, 3.05) is 6.54 Å². The van der Waals surface area contributed by atoms with Gasteiger partial charge in [-0.15, -0.1) is 0 Å². The van der Waals surface area contributed by atoms with Crippen molar-refractivity contribution in [3.8, 4) is 0 Å². The van der Waals surface area contributed by atoms with Crippen molar-refractivity contribution in [2.24, 2.45) is 0 Å². The lowest BCUT2D eigenvalue weighted by Crippen LogP contribution is -2.52. The molecule has 4 heteroatoms. The van der Waals surface area contributed by atoms with Crippen LogP contribution in [0.5, 0.6) is 0 Å². The molecule has 0 radical (unpaired) electrons. The zero-order chi connectivity index (χ0) is 12.0. The first-order valence-corrected chi connectivity index (χ1v) is 7.75. The summed E-state index contributed by atoms with van der Waals surface area (Å²) in [5.74, 6) is 0. The Morgan fingerprint density at radius 2 is 2.06 bits per heavy atom. The van der Waals surface area contributed by atoms with Crippen LogP contribution in [0.25, 0.3) is 0 Å². The fourth-order valence-corrected chi connectivity index (χ4v) is 5.03. The standard InChI is InChI=1S/C13H17NO2S/c1-9-8-14-13-11-5-3-2-4-10(11)6-7-12(13)17(9,15)16/h2-5,9,12-14H,6-8H2,1H3. The van der Waals surface area contributed by atoms with Crippen LogP contribution in [-0.2, 0) is 16.3 Å². The van der Waals surface area contributed by atoms with E-state index in [-0.39, 0.29) is 16.5 Å². The molecule has 1 saturated heterocycles. The Morgan fingerprint density at radius 3 is 2.88 bits per heavy atom. The fourth-order valence-electron chi connectivity index (χ4n) is 3.03. The molecule has 3 nitrogen and oxygen atoms in total. The van der Waals surface area contributed by atoms with Gasteiger partial charge in [0.1, 0.15) is 0 Å². The van der Waals surface area contributed by atoms with Gasteiger partial charge in [-0.2, -0.15) is 0 Å². The van der Waals surface area contributed by atoms with Gasteiger partial charge in [0.2, 0.25) is 0 Å². The van der Waals surface area contributed by atoms with Gasteiger partial charge in [0.05, 0.1) is 10.5 Å². The predicted octanol–water partition coefficient (Wildman–Crippen LogP) is 1.45. The highest BCUT2D eigenvalue weighted by atomic mass is 32.2. The smallest absolute Gasteiger partial charge is 0.158 e. The summed E-state index contributed by atoms with van der Waals surface area (Å²) in [6, 6.07) is 8.19. The van der Waals surface area contributed by atoms with Crippen LogP contribution in [0.1, 0.15) is 30.5 Å². The van der Waals surface area contributed by atoms with Crippen molar-refractivity contribution in [3.63, 3.8) is 0 Å². The Kier molecular flexibility index (Phi) is 2.52. The molecule has 1 aromatic carbocycles. The minimum Gasteiger partial charge on any atom is -0.308 e. The van der Waals surface area contributed by atoms with Crippen molar-refractivity contribution in [3.05, 3.63) is 35.4 Å². The molecule has 3 unspecified atom stereocenters. The molecule has 1 aliphatic heterocycles. The molecule has 3 rings (SSSR count). The third kappa shape index (κ3) is 1.62. The van der Waals surface area contributed by atoms with E-state index < -0.39 is 9.84 Å². The van der Waals surface area contributed by atoms with Gasteiger partial charge in [0, 0.05) is 12.6 Å². The number of hydrogen-bond donors (Lipinski definition) is 1. The number of benzene rings is 1. The van der Waals surface area contributed by atoms with Gasteiger partial charge in [0.15, 0.2) is 9.84 Å². The van der Waals surface area contributed by atoms with E-state index in [1.807, 2.05) is 12.1 Å². The highest BCUT2D eigenvalue weighted by molar-refractivity contribution is 7.92. The molecule has 2 aliphatic rings. The zero-order valence-electron chi connectivity index (χ0n) is 9.89. The van der Waals surface area contributed by atoms with Crippen LogP contribution in [-0.4, -0.2) is 25.5 Å². The van der Waals surface area contributed by atoms with Crippen LogP contribution in [0.15, 0.2) is 24.3 Å². The number of aryl methyl sites for hydroxylation is 1. The first kappa shape index (κ1) is 11.2. The summed E-state index contributed by atoms with van der Waals surface area (Å²) >= 11 is 0. The third-order valence-corrected chi connectivity index (χ3v) is 6.71. The lowest BCUT2D eigenvalue weighted by Gasteiger charge is -2.39. The number of hydrogen-bond acceptors (Lipinski definition) is 3. The van der Waals surface area contributed by atoms with E-state index in [4.69, 9.17) is 0 Å². The van der Waals surface area contributed by atoms with Gasteiger partial charge in [-0.25, -0.2) is 8.42 Å². The molecule has 0 aromatic heterocycles. The summed E-state index contributed by atoms with van der Waals surface area (Å²) in [5, 5.41) is 2.91. The van der Waals surface area contributed by atoms with E-state index >= 15 is 0 Å². The van der Waals surface area contributed by atoms with E-state index in [0.29, 0.717) is 6.54 Å². The van der Waals surface area contributed by atoms with Crippen molar-refractivity contribution >= 4 is 9.84 Å². The molecule has 0 amide bonds. The summed E-state index contributed by atoms with van der Waals surface area (Å²) in [5.41, 5.74) is 2.48. The lowest BCUT2D eigenvalue weighted by molar-refractivity contribution is 0.416. The van der Waals surface area contributed by atoms with Crippen LogP contribution in [0.3, 0.4) is 0 Å². The summed E-state index contributed by atoms with van der Waals surface area (Å²) in [6.45, 7) is 2.37. The number of fused-ring (bicyclic) bond motifs is 3. The number of rotatable bonds is 0. The summed E-state index contributed by atoms with van der Waals surface area (Å²) in [4.78, 5) is 0. The maximum absolute atomic E-state index is 12.3. The zero-order valence-corrected chi connectivity index (χ0v) is 10.7. The molecule has 1 fully saturated rings. The van der Waals surface area contributed by atoms with E-state index in [1.165, 1.54) is 11.1 Å². The maximum Gasteiger partial charge on any atom is 0.158 e. The minimum absolute atomic E-state index is 0.00106. The summed E-state index contributed by atoms with van der Waals surface area (Å²) < 4.78 is 24.6. The van der Waals surface area contributed by atoms with Crippen LogP contribution in [0, 0.1) is 0 Å². The Hall–Kier alpha value is -0.870. The molecule has 1 heterocycles. The quantitative estimate of drug-likeness (QED) is 0.759. The first-order chi connectivity index (χ1) is 8.10. The predicted molar refractivity (Wildman–Crippen MR) is 67.7 cm³/mol. The highest BCUT2D eigenvalue weighted by Gasteiger charge is 2.44. The largest absolute Gasteiger partial charge is 0.308 e. The fraction of sp³-hybridized carbons (Fsp3) is 0.538. The second-order valence-corrected chi connectivity index (χ2v) is 7.65. The molecule has 0 bridgehead atoms. The second kappa shape index (κ2) is 3.82. The SMILES string of the molecule is CC1CNC2c3ccccc3CCC2S1(=O)=O. The van der Waals surface area contributed by atoms with E-state index in [1.54, 1.807) is 6.92 Å². The monoisotopic (exact) mass is 251 g/mol. The topological polar surface area (TPSA) is 46.2 Å². The van der Waals surface area contributed by atoms with Crippen LogP contribution < -0.4 is 5.32 Å². The Labute approximate surface area is 102 Å². The maximum atomic E-state index is 12.3. The lowest BCUT2D eigenvalue weighted by atomic mass is 9.87. The molecule has 0 spiro atoms. The average Bonchev–Trinajstić information content (AvgIpc) is 2.33. The van der Waals surface area contributed by atoms with Crippen molar-refractivity contribution < 1.29 is 8.42 Å².